The molecule has 1 aromatic carbocycles. The lowest BCUT2D eigenvalue weighted by Gasteiger charge is -2.07. The van der Waals surface area contributed by atoms with Gasteiger partial charge >= 0.3 is 0 Å². The molecule has 0 atom stereocenters. The maximum Gasteiger partial charge on any atom is 0.287 e. The van der Waals surface area contributed by atoms with Crippen molar-refractivity contribution < 1.29 is 13.9 Å². The minimum Gasteiger partial charge on any atom is -0.489 e. The Labute approximate surface area is 177 Å². The predicted molar refractivity (Wildman–Crippen MR) is 116 cm³/mol. The van der Waals surface area contributed by atoms with E-state index in [1.165, 1.54) is 11.1 Å². The van der Waals surface area contributed by atoms with Gasteiger partial charge in [-0.1, -0.05) is 18.2 Å². The average molecular weight is 425 g/mol. The number of nitrogens with one attached hydrogen (secondary N) is 1. The summed E-state index contributed by atoms with van der Waals surface area (Å²) in [6.45, 7) is 2.82. The topological polar surface area (TPSA) is 64.4 Å². The van der Waals surface area contributed by atoms with E-state index in [1.54, 1.807) is 28.7 Å². The van der Waals surface area contributed by atoms with Crippen molar-refractivity contribution in [2.24, 2.45) is 0 Å². The third-order valence-electron chi connectivity index (χ3n) is 4.28. The number of aromatic nitrogens is 1. The van der Waals surface area contributed by atoms with Crippen LogP contribution in [0.5, 0.6) is 5.75 Å². The number of aryl methyl sites for hydroxylation is 1. The second kappa shape index (κ2) is 9.07. The Morgan fingerprint density at radius 3 is 2.83 bits per heavy atom. The number of thiazole rings is 1. The zero-order chi connectivity index (χ0) is 20.1. The number of rotatable bonds is 8. The van der Waals surface area contributed by atoms with E-state index in [1.807, 2.05) is 37.3 Å². The van der Waals surface area contributed by atoms with Gasteiger partial charge in [-0.25, -0.2) is 4.98 Å². The molecule has 7 heteroatoms. The highest BCUT2D eigenvalue weighted by molar-refractivity contribution is 7.16. The van der Waals surface area contributed by atoms with Crippen LogP contribution in [-0.2, 0) is 13.0 Å². The SMILES string of the molecule is Cc1nc(-c2ccc(CCNC(=O)c3occc3COc3ccccc3)s2)cs1. The first-order valence-corrected chi connectivity index (χ1v) is 10.9. The minimum absolute atomic E-state index is 0.228. The van der Waals surface area contributed by atoms with Gasteiger partial charge in [0.1, 0.15) is 12.4 Å². The fourth-order valence-electron chi connectivity index (χ4n) is 2.83. The molecule has 3 aromatic heterocycles. The van der Waals surface area contributed by atoms with E-state index in [0.29, 0.717) is 12.3 Å². The van der Waals surface area contributed by atoms with Crippen molar-refractivity contribution >= 4 is 28.6 Å². The molecule has 4 aromatic rings. The lowest BCUT2D eigenvalue weighted by molar-refractivity contribution is 0.0923. The molecule has 29 heavy (non-hydrogen) atoms. The number of hydrogen-bond acceptors (Lipinski definition) is 6. The summed E-state index contributed by atoms with van der Waals surface area (Å²) >= 11 is 3.36. The van der Waals surface area contributed by atoms with E-state index in [-0.39, 0.29) is 12.5 Å². The fourth-order valence-corrected chi connectivity index (χ4v) is 4.49. The summed E-state index contributed by atoms with van der Waals surface area (Å²) in [5.74, 6) is 0.822. The van der Waals surface area contributed by atoms with Crippen molar-refractivity contribution in [2.75, 3.05) is 6.54 Å². The number of hydrogen-bond donors (Lipinski definition) is 1. The number of thiophene rings is 1. The predicted octanol–water partition coefficient (Wildman–Crippen LogP) is 5.32. The number of amides is 1. The highest BCUT2D eigenvalue weighted by Crippen LogP contribution is 2.29. The molecular weight excluding hydrogens is 404 g/mol. The molecule has 0 radical (unpaired) electrons. The van der Waals surface area contributed by atoms with Crippen molar-refractivity contribution in [1.29, 1.82) is 0 Å². The lowest BCUT2D eigenvalue weighted by atomic mass is 10.2. The standard InChI is InChI=1S/C22H20N2O3S2/c1-15-24-19(14-28-15)20-8-7-18(29-20)9-11-23-22(25)21-16(10-12-26-21)13-27-17-5-3-2-4-6-17/h2-8,10,12,14H,9,11,13H2,1H3,(H,23,25). The average Bonchev–Trinajstić information content (AvgIpc) is 3.48. The molecule has 0 saturated heterocycles. The molecule has 5 nitrogen and oxygen atoms in total. The molecule has 0 aliphatic heterocycles. The lowest BCUT2D eigenvalue weighted by Crippen LogP contribution is -2.26. The van der Waals surface area contributed by atoms with Crippen molar-refractivity contribution in [3.05, 3.63) is 81.4 Å². The van der Waals surface area contributed by atoms with Crippen molar-refractivity contribution in [1.82, 2.24) is 10.3 Å². The van der Waals surface area contributed by atoms with Crippen LogP contribution in [0.4, 0.5) is 0 Å². The number of nitrogens with zero attached hydrogens (tertiary/aromatic N) is 1. The van der Waals surface area contributed by atoms with Gasteiger partial charge in [-0.2, -0.15) is 0 Å². The summed E-state index contributed by atoms with van der Waals surface area (Å²) < 4.78 is 11.1. The monoisotopic (exact) mass is 424 g/mol. The van der Waals surface area contributed by atoms with E-state index >= 15 is 0 Å². The molecule has 1 amide bonds. The van der Waals surface area contributed by atoms with Crippen molar-refractivity contribution in [3.8, 4) is 16.3 Å². The smallest absolute Gasteiger partial charge is 0.287 e. The molecule has 0 fully saturated rings. The molecule has 1 N–H and O–H groups in total. The number of para-hydroxylation sites is 1. The second-order valence-corrected chi connectivity index (χ2v) is 8.63. The van der Waals surface area contributed by atoms with Crippen molar-refractivity contribution in [3.63, 3.8) is 0 Å². The van der Waals surface area contributed by atoms with Gasteiger partial charge in [0.15, 0.2) is 5.76 Å². The quantitative estimate of drug-likeness (QED) is 0.415. The molecule has 148 valence electrons. The fraction of sp³-hybridized carbons (Fsp3) is 0.182. The maximum absolute atomic E-state index is 12.5. The van der Waals surface area contributed by atoms with E-state index in [0.717, 1.165) is 33.3 Å². The highest BCUT2D eigenvalue weighted by Gasteiger charge is 2.16. The van der Waals surface area contributed by atoms with Gasteiger partial charge in [0, 0.05) is 22.4 Å². The Bertz CT molecular complexity index is 1080. The largest absolute Gasteiger partial charge is 0.489 e. The summed E-state index contributed by atoms with van der Waals surface area (Å²) in [4.78, 5) is 19.4. The van der Waals surface area contributed by atoms with Crippen LogP contribution in [-0.4, -0.2) is 17.4 Å². The van der Waals surface area contributed by atoms with Crippen LogP contribution in [0.15, 0.2) is 64.6 Å². The van der Waals surface area contributed by atoms with Crippen LogP contribution in [0.2, 0.25) is 0 Å². The highest BCUT2D eigenvalue weighted by atomic mass is 32.1. The zero-order valence-corrected chi connectivity index (χ0v) is 17.5. The van der Waals surface area contributed by atoms with Crippen LogP contribution in [0, 0.1) is 6.92 Å². The molecule has 4 rings (SSSR count). The van der Waals surface area contributed by atoms with E-state index in [4.69, 9.17) is 9.15 Å². The Morgan fingerprint density at radius 2 is 2.03 bits per heavy atom. The third kappa shape index (κ3) is 4.93. The number of furan rings is 1. The van der Waals surface area contributed by atoms with Gasteiger partial charge in [0.2, 0.25) is 0 Å². The Hall–Kier alpha value is -2.90. The molecule has 0 bridgehead atoms. The van der Waals surface area contributed by atoms with Crippen LogP contribution < -0.4 is 10.1 Å². The molecular formula is C22H20N2O3S2. The van der Waals surface area contributed by atoms with Crippen LogP contribution in [0.3, 0.4) is 0 Å². The minimum atomic E-state index is -0.228. The van der Waals surface area contributed by atoms with Crippen molar-refractivity contribution in [2.45, 2.75) is 20.0 Å². The van der Waals surface area contributed by atoms with E-state index < -0.39 is 0 Å². The van der Waals surface area contributed by atoms with Crippen LogP contribution >= 0.6 is 22.7 Å². The second-order valence-electron chi connectivity index (χ2n) is 6.40. The number of benzene rings is 1. The number of carbonyl (C=O) groups is 1. The van der Waals surface area contributed by atoms with Gasteiger partial charge in [-0.3, -0.25) is 4.79 Å². The van der Waals surface area contributed by atoms with E-state index in [9.17, 15) is 4.79 Å². The number of ether oxygens (including phenoxy) is 1. The summed E-state index contributed by atoms with van der Waals surface area (Å²) in [7, 11) is 0. The summed E-state index contributed by atoms with van der Waals surface area (Å²) in [5, 5.41) is 6.06. The van der Waals surface area contributed by atoms with Crippen LogP contribution in [0.1, 0.15) is 26.0 Å². The zero-order valence-electron chi connectivity index (χ0n) is 15.9. The Kier molecular flexibility index (Phi) is 6.07. The first-order valence-electron chi connectivity index (χ1n) is 9.22. The molecule has 0 unspecified atom stereocenters. The maximum atomic E-state index is 12.5. The van der Waals surface area contributed by atoms with Gasteiger partial charge in [0.25, 0.3) is 5.91 Å². The molecule has 0 spiro atoms. The van der Waals surface area contributed by atoms with Crippen LogP contribution in [0.25, 0.3) is 10.6 Å². The molecule has 0 aliphatic carbocycles. The van der Waals surface area contributed by atoms with Gasteiger partial charge < -0.3 is 14.5 Å². The van der Waals surface area contributed by atoms with Gasteiger partial charge in [-0.05, 0) is 43.7 Å². The summed E-state index contributed by atoms with van der Waals surface area (Å²) in [6.07, 6.45) is 2.27. The molecule has 0 aliphatic rings. The number of carbonyl (C=O) groups excluding carboxylic acids is 1. The first-order chi connectivity index (χ1) is 14.2. The normalized spacial score (nSPS) is 10.8. The summed E-state index contributed by atoms with van der Waals surface area (Å²) in [6, 6.07) is 15.4. The summed E-state index contributed by atoms with van der Waals surface area (Å²) in [5.41, 5.74) is 1.75. The van der Waals surface area contributed by atoms with Gasteiger partial charge in [-0.15, -0.1) is 22.7 Å². The van der Waals surface area contributed by atoms with E-state index in [2.05, 4.69) is 27.8 Å². The third-order valence-corrected chi connectivity index (χ3v) is 6.22. The Balaban J connectivity index is 1.29. The molecule has 0 saturated carbocycles. The first kappa shape index (κ1) is 19.4. The molecule has 3 heterocycles. The van der Waals surface area contributed by atoms with Gasteiger partial charge in [0.05, 0.1) is 21.8 Å². The Morgan fingerprint density at radius 1 is 1.17 bits per heavy atom.